The summed E-state index contributed by atoms with van der Waals surface area (Å²) in [6, 6.07) is 19.4. The van der Waals surface area contributed by atoms with E-state index in [1.807, 2.05) is 24.3 Å². The van der Waals surface area contributed by atoms with Crippen molar-refractivity contribution >= 4 is 37.3 Å². The maximum absolute atomic E-state index is 13.1. The second kappa shape index (κ2) is 10.6. The first-order chi connectivity index (χ1) is 17.4. The number of hydrazine groups is 1. The average Bonchev–Trinajstić information content (AvgIpc) is 3.68. The molecule has 4 rings (SSSR count). The molecule has 37 heavy (non-hydrogen) atoms. The number of hydrogen-bond acceptors (Lipinski definition) is 8. The van der Waals surface area contributed by atoms with Gasteiger partial charge in [0.1, 0.15) is 12.2 Å². The monoisotopic (exact) mass is 544 g/mol. The molecule has 6 N–H and O–H groups in total. The van der Waals surface area contributed by atoms with E-state index in [2.05, 4.69) is 20.9 Å². The summed E-state index contributed by atoms with van der Waals surface area (Å²) in [6.45, 7) is 0.0771. The Hall–Kier alpha value is -3.33. The summed E-state index contributed by atoms with van der Waals surface area (Å²) >= 11 is 0. The third kappa shape index (κ3) is 7.13. The highest BCUT2D eigenvalue weighted by Crippen LogP contribution is 2.28. The zero-order valence-corrected chi connectivity index (χ0v) is 21.8. The molecule has 0 aliphatic carbocycles. The number of hydrogen-bond donors (Lipinski definition) is 5. The molecule has 11 nitrogen and oxygen atoms in total. The molecular weight excluding hydrogens is 516 g/mol. The molecule has 0 spiro atoms. The lowest BCUT2D eigenvalue weighted by Crippen LogP contribution is -2.49. The van der Waals surface area contributed by atoms with E-state index in [4.69, 9.17) is 5.14 Å². The van der Waals surface area contributed by atoms with Crippen molar-refractivity contribution in [1.82, 2.24) is 15.6 Å². The number of nitrogens with one attached hydrogen (secondary N) is 4. The van der Waals surface area contributed by atoms with Gasteiger partial charge in [-0.05, 0) is 41.5 Å². The predicted octanol–water partition coefficient (Wildman–Crippen LogP) is 1.10. The Morgan fingerprint density at radius 2 is 1.68 bits per heavy atom. The molecule has 1 fully saturated rings. The minimum Gasteiger partial charge on any atom is -0.372 e. The summed E-state index contributed by atoms with van der Waals surface area (Å²) < 4.78 is 50.3. The average molecular weight is 545 g/mol. The van der Waals surface area contributed by atoms with Crippen LogP contribution in [0.25, 0.3) is 11.1 Å². The normalized spacial score (nSPS) is 14.7. The smallest absolute Gasteiger partial charge is 0.244 e. The summed E-state index contributed by atoms with van der Waals surface area (Å²) in [7, 11) is -5.84. The first-order valence-electron chi connectivity index (χ1n) is 11.2. The van der Waals surface area contributed by atoms with Gasteiger partial charge in [-0.2, -0.15) is 0 Å². The van der Waals surface area contributed by atoms with E-state index in [1.54, 1.807) is 54.4 Å². The predicted molar refractivity (Wildman–Crippen MR) is 142 cm³/mol. The Bertz CT molecular complexity index is 1510. The van der Waals surface area contributed by atoms with Crippen molar-refractivity contribution in [2.75, 3.05) is 30.1 Å². The SMILES string of the molecule is CN(CC(NS(C)(=O)=O)C(=O)Nc1ccc(-c2ccccc2S(N)(=O)=O)cc1)c1cccc(C2NN2)c1. The van der Waals surface area contributed by atoms with Crippen LogP contribution in [0.15, 0.2) is 77.7 Å². The second-order valence-corrected chi connectivity index (χ2v) is 12.1. The maximum Gasteiger partial charge on any atom is 0.244 e. The van der Waals surface area contributed by atoms with Gasteiger partial charge in [0.25, 0.3) is 0 Å². The van der Waals surface area contributed by atoms with Gasteiger partial charge in [-0.25, -0.2) is 37.5 Å². The molecule has 0 bridgehead atoms. The van der Waals surface area contributed by atoms with Crippen LogP contribution >= 0.6 is 0 Å². The van der Waals surface area contributed by atoms with Gasteiger partial charge in [0.2, 0.25) is 26.0 Å². The lowest BCUT2D eigenvalue weighted by atomic mass is 10.1. The van der Waals surface area contributed by atoms with Crippen LogP contribution in [0.1, 0.15) is 11.7 Å². The van der Waals surface area contributed by atoms with Gasteiger partial charge in [0.05, 0.1) is 11.2 Å². The minimum atomic E-state index is -3.92. The van der Waals surface area contributed by atoms with E-state index in [9.17, 15) is 21.6 Å². The Morgan fingerprint density at radius 3 is 2.30 bits per heavy atom. The highest BCUT2D eigenvalue weighted by Gasteiger charge is 2.26. The fourth-order valence-electron chi connectivity index (χ4n) is 3.88. The largest absolute Gasteiger partial charge is 0.372 e. The van der Waals surface area contributed by atoms with Crippen LogP contribution in [0.5, 0.6) is 0 Å². The van der Waals surface area contributed by atoms with Gasteiger partial charge >= 0.3 is 0 Å². The quantitative estimate of drug-likeness (QED) is 0.235. The van der Waals surface area contributed by atoms with Crippen LogP contribution in [0.4, 0.5) is 11.4 Å². The van der Waals surface area contributed by atoms with E-state index in [0.29, 0.717) is 16.8 Å². The summed E-state index contributed by atoms with van der Waals surface area (Å²) in [5.74, 6) is -0.545. The Balaban J connectivity index is 1.51. The van der Waals surface area contributed by atoms with Crippen molar-refractivity contribution in [3.63, 3.8) is 0 Å². The van der Waals surface area contributed by atoms with Gasteiger partial charge in [-0.3, -0.25) is 4.79 Å². The third-order valence-electron chi connectivity index (χ3n) is 5.72. The molecule has 1 unspecified atom stereocenters. The zero-order chi connectivity index (χ0) is 26.8. The van der Waals surface area contributed by atoms with Crippen molar-refractivity contribution < 1.29 is 21.6 Å². The van der Waals surface area contributed by atoms with Crippen LogP contribution in [0, 0.1) is 0 Å². The molecule has 1 saturated heterocycles. The topological polar surface area (TPSA) is 183 Å². The molecule has 13 heteroatoms. The zero-order valence-electron chi connectivity index (χ0n) is 20.2. The van der Waals surface area contributed by atoms with E-state index in [0.717, 1.165) is 17.5 Å². The van der Waals surface area contributed by atoms with Crippen molar-refractivity contribution in [3.8, 4) is 11.1 Å². The van der Waals surface area contributed by atoms with Crippen LogP contribution in [-0.4, -0.2) is 48.6 Å². The van der Waals surface area contributed by atoms with Crippen LogP contribution in [0.2, 0.25) is 0 Å². The van der Waals surface area contributed by atoms with Gasteiger partial charge in [-0.15, -0.1) is 0 Å². The number of nitrogens with two attached hydrogens (primary N) is 1. The molecule has 1 heterocycles. The van der Waals surface area contributed by atoms with Crippen LogP contribution in [-0.2, 0) is 24.8 Å². The molecule has 3 aromatic carbocycles. The number of nitrogens with zero attached hydrogens (tertiary/aromatic N) is 1. The number of carbonyl (C=O) groups excluding carboxylic acids is 1. The third-order valence-corrected chi connectivity index (χ3v) is 7.40. The number of benzene rings is 3. The summed E-state index contributed by atoms with van der Waals surface area (Å²) in [4.78, 5) is 14.9. The maximum atomic E-state index is 13.1. The fraction of sp³-hybridized carbons (Fsp3) is 0.208. The minimum absolute atomic E-state index is 0.00967. The molecule has 1 atom stereocenters. The Labute approximate surface area is 216 Å². The van der Waals surface area contributed by atoms with Crippen LogP contribution < -0.4 is 30.9 Å². The van der Waals surface area contributed by atoms with Gasteiger partial charge in [0, 0.05) is 30.5 Å². The molecule has 0 radical (unpaired) electrons. The number of carbonyl (C=O) groups is 1. The number of rotatable bonds is 10. The van der Waals surface area contributed by atoms with Gasteiger partial charge < -0.3 is 10.2 Å². The Kier molecular flexibility index (Phi) is 7.64. The van der Waals surface area contributed by atoms with E-state index >= 15 is 0 Å². The molecular formula is C24H28N6O5S2. The summed E-state index contributed by atoms with van der Waals surface area (Å²) in [5, 5.41) is 8.06. The van der Waals surface area contributed by atoms with Crippen molar-refractivity contribution in [3.05, 3.63) is 78.4 Å². The van der Waals surface area contributed by atoms with Crippen LogP contribution in [0.3, 0.4) is 0 Å². The molecule has 0 saturated carbocycles. The molecule has 0 aromatic heterocycles. The first-order valence-corrected chi connectivity index (χ1v) is 14.7. The van der Waals surface area contributed by atoms with Gasteiger partial charge in [-0.1, -0.05) is 42.5 Å². The molecule has 196 valence electrons. The highest BCUT2D eigenvalue weighted by molar-refractivity contribution is 7.89. The summed E-state index contributed by atoms with van der Waals surface area (Å²) in [5.41, 5.74) is 9.27. The fourth-order valence-corrected chi connectivity index (χ4v) is 5.34. The van der Waals surface area contributed by atoms with E-state index < -0.39 is 32.0 Å². The van der Waals surface area contributed by atoms with Crippen molar-refractivity contribution in [2.24, 2.45) is 5.14 Å². The lowest BCUT2D eigenvalue weighted by Gasteiger charge is -2.26. The molecule has 3 aromatic rings. The van der Waals surface area contributed by atoms with E-state index in [1.165, 1.54) is 6.07 Å². The number of sulfonamides is 2. The number of amides is 1. The lowest BCUT2D eigenvalue weighted by molar-refractivity contribution is -0.117. The molecule has 1 amide bonds. The van der Waals surface area contributed by atoms with Crippen molar-refractivity contribution in [1.29, 1.82) is 0 Å². The first kappa shape index (κ1) is 26.7. The van der Waals surface area contributed by atoms with E-state index in [-0.39, 0.29) is 17.6 Å². The second-order valence-electron chi connectivity index (χ2n) is 8.75. The summed E-state index contributed by atoms with van der Waals surface area (Å²) in [6.07, 6.45) is 1.07. The van der Waals surface area contributed by atoms with Gasteiger partial charge in [0.15, 0.2) is 0 Å². The number of primary sulfonamides is 1. The molecule has 1 aliphatic heterocycles. The standard InChI is InChI=1S/C24H28N6O5S2/c1-30(19-7-5-6-17(14-19)23-27-28-23)15-21(29-36(2,32)33)24(31)26-18-12-10-16(11-13-18)20-8-3-4-9-22(20)37(25,34)35/h3-14,21,23,27-29H,15H2,1-2H3,(H,26,31)(H2,25,34,35). The number of likely N-dealkylation sites (N-methyl/N-ethyl adjacent to an activating group) is 1. The Morgan fingerprint density at radius 1 is 1.00 bits per heavy atom. The highest BCUT2D eigenvalue weighted by atomic mass is 32.2. The molecule has 1 aliphatic rings. The number of anilines is 2. The van der Waals surface area contributed by atoms with Crippen molar-refractivity contribution in [2.45, 2.75) is 17.1 Å².